The molecule has 108 valence electrons. The molecule has 2 heterocycles. The Bertz CT molecular complexity index is 377. The molecule has 0 bridgehead atoms. The van der Waals surface area contributed by atoms with E-state index in [2.05, 4.69) is 41.0 Å². The van der Waals surface area contributed by atoms with Gasteiger partial charge in [-0.1, -0.05) is 18.5 Å². The molecule has 5 nitrogen and oxygen atoms in total. The van der Waals surface area contributed by atoms with Crippen molar-refractivity contribution in [3.63, 3.8) is 0 Å². The topological polar surface area (TPSA) is 45.4 Å². The Labute approximate surface area is 116 Å². The van der Waals surface area contributed by atoms with E-state index < -0.39 is 0 Å². The maximum absolute atomic E-state index is 5.36. The zero-order chi connectivity index (χ0) is 13.7. The summed E-state index contributed by atoms with van der Waals surface area (Å²) in [5.41, 5.74) is 0. The van der Waals surface area contributed by atoms with E-state index in [1.165, 1.54) is 19.3 Å². The summed E-state index contributed by atoms with van der Waals surface area (Å²) in [6.07, 6.45) is 5.85. The minimum Gasteiger partial charge on any atom is -0.338 e. The molecule has 0 N–H and O–H groups in total. The third-order valence-electron chi connectivity index (χ3n) is 3.65. The fourth-order valence-corrected chi connectivity index (χ4v) is 2.75. The molecule has 1 aromatic heterocycles. The van der Waals surface area contributed by atoms with E-state index in [1.807, 2.05) is 0 Å². The molecule has 5 heteroatoms. The van der Waals surface area contributed by atoms with Gasteiger partial charge in [-0.2, -0.15) is 4.98 Å². The van der Waals surface area contributed by atoms with Crippen LogP contribution in [-0.4, -0.2) is 53.2 Å². The molecule has 0 saturated carbocycles. The average molecular weight is 266 g/mol. The van der Waals surface area contributed by atoms with Gasteiger partial charge in [-0.3, -0.25) is 4.90 Å². The zero-order valence-electron chi connectivity index (χ0n) is 12.4. The van der Waals surface area contributed by atoms with Crippen LogP contribution in [0.4, 0.5) is 0 Å². The van der Waals surface area contributed by atoms with Crippen LogP contribution in [0.2, 0.25) is 0 Å². The van der Waals surface area contributed by atoms with Gasteiger partial charge in [-0.25, -0.2) is 0 Å². The molecule has 1 saturated heterocycles. The van der Waals surface area contributed by atoms with Crippen LogP contribution in [0, 0.1) is 0 Å². The van der Waals surface area contributed by atoms with E-state index in [9.17, 15) is 0 Å². The summed E-state index contributed by atoms with van der Waals surface area (Å²) in [4.78, 5) is 9.23. The fraction of sp³-hybridized carbons (Fsp3) is 0.857. The van der Waals surface area contributed by atoms with Gasteiger partial charge in [0.15, 0.2) is 5.82 Å². The number of likely N-dealkylation sites (tertiary alicyclic amines) is 1. The number of aryl methyl sites for hydroxylation is 1. The van der Waals surface area contributed by atoms with Gasteiger partial charge in [-0.05, 0) is 39.9 Å². The lowest BCUT2D eigenvalue weighted by atomic mass is 10.0. The van der Waals surface area contributed by atoms with Crippen molar-refractivity contribution in [3.05, 3.63) is 11.7 Å². The summed E-state index contributed by atoms with van der Waals surface area (Å²) < 4.78 is 5.36. The molecule has 0 amide bonds. The molecular formula is C14H26N4O. The van der Waals surface area contributed by atoms with Gasteiger partial charge in [-0.15, -0.1) is 0 Å². The first-order chi connectivity index (χ1) is 9.19. The second-order valence-corrected chi connectivity index (χ2v) is 5.74. The van der Waals surface area contributed by atoms with E-state index >= 15 is 0 Å². The van der Waals surface area contributed by atoms with E-state index in [1.54, 1.807) is 0 Å². The molecule has 0 aromatic carbocycles. The first-order valence-corrected chi connectivity index (χ1v) is 7.39. The second kappa shape index (κ2) is 7.01. The Morgan fingerprint density at radius 2 is 2.21 bits per heavy atom. The minimum atomic E-state index is 0.616. The molecule has 1 aromatic rings. The first kappa shape index (κ1) is 14.5. The summed E-state index contributed by atoms with van der Waals surface area (Å²) >= 11 is 0. The lowest BCUT2D eigenvalue weighted by Crippen LogP contribution is -2.44. The van der Waals surface area contributed by atoms with Crippen LogP contribution in [0.1, 0.15) is 44.3 Å². The molecule has 1 fully saturated rings. The Hall–Kier alpha value is -0.940. The molecule has 1 aliphatic heterocycles. The second-order valence-electron chi connectivity index (χ2n) is 5.74. The molecule has 2 rings (SSSR count). The van der Waals surface area contributed by atoms with E-state index in [0.717, 1.165) is 44.2 Å². The molecule has 1 atom stereocenters. The van der Waals surface area contributed by atoms with Crippen LogP contribution < -0.4 is 0 Å². The van der Waals surface area contributed by atoms with E-state index in [4.69, 9.17) is 4.52 Å². The minimum absolute atomic E-state index is 0.616. The van der Waals surface area contributed by atoms with E-state index in [0.29, 0.717) is 6.04 Å². The molecule has 1 aliphatic rings. The quantitative estimate of drug-likeness (QED) is 0.787. The third-order valence-corrected chi connectivity index (χ3v) is 3.65. The van der Waals surface area contributed by atoms with Gasteiger partial charge in [0.2, 0.25) is 5.89 Å². The number of piperidine rings is 1. The van der Waals surface area contributed by atoms with Gasteiger partial charge in [0.25, 0.3) is 0 Å². The summed E-state index contributed by atoms with van der Waals surface area (Å²) in [5.74, 6) is 1.62. The maximum atomic E-state index is 5.36. The summed E-state index contributed by atoms with van der Waals surface area (Å²) in [6, 6.07) is 0.616. The number of hydrogen-bond acceptors (Lipinski definition) is 5. The van der Waals surface area contributed by atoms with Crippen LogP contribution in [0.25, 0.3) is 0 Å². The van der Waals surface area contributed by atoms with Crippen molar-refractivity contribution in [2.45, 2.75) is 51.6 Å². The van der Waals surface area contributed by atoms with Gasteiger partial charge >= 0.3 is 0 Å². The number of likely N-dealkylation sites (N-methyl/N-ethyl adjacent to an activating group) is 1. The Kier molecular flexibility index (Phi) is 5.34. The molecule has 0 spiro atoms. The highest BCUT2D eigenvalue weighted by Gasteiger charge is 2.24. The lowest BCUT2D eigenvalue weighted by Gasteiger charge is -2.36. The summed E-state index contributed by atoms with van der Waals surface area (Å²) in [5, 5.41) is 4.03. The highest BCUT2D eigenvalue weighted by Crippen LogP contribution is 2.19. The van der Waals surface area contributed by atoms with Crippen molar-refractivity contribution in [2.75, 3.05) is 27.2 Å². The van der Waals surface area contributed by atoms with E-state index in [-0.39, 0.29) is 0 Å². The molecule has 0 radical (unpaired) electrons. The predicted octanol–water partition coefficient (Wildman–Crippen LogP) is 1.94. The zero-order valence-corrected chi connectivity index (χ0v) is 12.4. The van der Waals surface area contributed by atoms with Gasteiger partial charge in [0, 0.05) is 19.0 Å². The van der Waals surface area contributed by atoms with Crippen molar-refractivity contribution in [2.24, 2.45) is 0 Å². The van der Waals surface area contributed by atoms with Crippen LogP contribution >= 0.6 is 0 Å². The monoisotopic (exact) mass is 266 g/mol. The summed E-state index contributed by atoms with van der Waals surface area (Å²) in [7, 11) is 4.28. The van der Waals surface area contributed by atoms with Crippen molar-refractivity contribution < 1.29 is 4.52 Å². The van der Waals surface area contributed by atoms with Gasteiger partial charge in [0.05, 0.1) is 6.54 Å². The SMILES string of the molecule is CCCc1noc(CN2CCCC[C@@H]2CN(C)C)n1. The first-order valence-electron chi connectivity index (χ1n) is 7.39. The van der Waals surface area contributed by atoms with Gasteiger partial charge in [0.1, 0.15) is 0 Å². The Balaban J connectivity index is 1.94. The summed E-state index contributed by atoms with van der Waals surface area (Å²) in [6.45, 7) is 5.18. The van der Waals surface area contributed by atoms with Crippen LogP contribution in [-0.2, 0) is 13.0 Å². The lowest BCUT2D eigenvalue weighted by molar-refractivity contribution is 0.102. The van der Waals surface area contributed by atoms with Crippen LogP contribution in [0.15, 0.2) is 4.52 Å². The van der Waals surface area contributed by atoms with Crippen molar-refractivity contribution in [1.29, 1.82) is 0 Å². The highest BCUT2D eigenvalue weighted by atomic mass is 16.5. The Morgan fingerprint density at radius 1 is 1.37 bits per heavy atom. The Morgan fingerprint density at radius 3 is 2.95 bits per heavy atom. The third kappa shape index (κ3) is 4.28. The average Bonchev–Trinajstić information content (AvgIpc) is 2.79. The molecule has 0 aliphatic carbocycles. The van der Waals surface area contributed by atoms with Crippen LogP contribution in [0.3, 0.4) is 0 Å². The van der Waals surface area contributed by atoms with Crippen molar-refractivity contribution >= 4 is 0 Å². The molecule has 19 heavy (non-hydrogen) atoms. The smallest absolute Gasteiger partial charge is 0.240 e. The van der Waals surface area contributed by atoms with Gasteiger partial charge < -0.3 is 9.42 Å². The maximum Gasteiger partial charge on any atom is 0.240 e. The molecule has 0 unspecified atom stereocenters. The largest absolute Gasteiger partial charge is 0.338 e. The number of nitrogens with zero attached hydrogens (tertiary/aromatic N) is 4. The standard InChI is InChI=1S/C14H26N4O/c1-4-7-13-15-14(19-16-13)11-18-9-6-5-8-12(18)10-17(2)3/h12H,4-11H2,1-3H3/t12-/m1/s1. The highest BCUT2D eigenvalue weighted by molar-refractivity contribution is 4.89. The number of hydrogen-bond donors (Lipinski definition) is 0. The van der Waals surface area contributed by atoms with Crippen LogP contribution in [0.5, 0.6) is 0 Å². The molecular weight excluding hydrogens is 240 g/mol. The van der Waals surface area contributed by atoms with Crippen molar-refractivity contribution in [3.8, 4) is 0 Å². The number of rotatable bonds is 6. The predicted molar refractivity (Wildman–Crippen MR) is 74.9 cm³/mol. The number of aromatic nitrogens is 2. The normalized spacial score (nSPS) is 21.2. The van der Waals surface area contributed by atoms with Crippen molar-refractivity contribution in [1.82, 2.24) is 19.9 Å². The fourth-order valence-electron chi connectivity index (χ4n) is 2.75.